The molecule has 4 rings (SSSR count). The fourth-order valence-corrected chi connectivity index (χ4v) is 3.41. The van der Waals surface area contributed by atoms with Crippen LogP contribution in [0.25, 0.3) is 5.65 Å². The summed E-state index contributed by atoms with van der Waals surface area (Å²) >= 11 is 0. The van der Waals surface area contributed by atoms with Crippen molar-refractivity contribution in [3.8, 4) is 0 Å². The predicted octanol–water partition coefficient (Wildman–Crippen LogP) is 1.26. The summed E-state index contributed by atoms with van der Waals surface area (Å²) in [6, 6.07) is 3.92. The third-order valence-electron chi connectivity index (χ3n) is 4.63. The van der Waals surface area contributed by atoms with Gasteiger partial charge in [-0.1, -0.05) is 0 Å². The number of anilines is 1. The van der Waals surface area contributed by atoms with Crippen molar-refractivity contribution >= 4 is 17.4 Å². The van der Waals surface area contributed by atoms with Crippen molar-refractivity contribution in [3.05, 3.63) is 48.3 Å². The Bertz CT molecular complexity index is 892. The molecule has 0 spiro atoms. The van der Waals surface area contributed by atoms with Crippen molar-refractivity contribution in [1.29, 1.82) is 0 Å². The molecule has 1 saturated heterocycles. The van der Waals surface area contributed by atoms with Gasteiger partial charge in [0.2, 0.25) is 0 Å². The summed E-state index contributed by atoms with van der Waals surface area (Å²) < 4.78 is 1.79. The number of piperidine rings is 1. The second-order valence-corrected chi connectivity index (χ2v) is 6.10. The zero-order valence-corrected chi connectivity index (χ0v) is 14.0. The maximum Gasteiger partial charge on any atom is 0.256 e. The van der Waals surface area contributed by atoms with Crippen molar-refractivity contribution in [1.82, 2.24) is 29.9 Å². The van der Waals surface area contributed by atoms with Crippen LogP contribution in [-0.4, -0.2) is 50.6 Å². The zero-order chi connectivity index (χ0) is 17.2. The van der Waals surface area contributed by atoms with Gasteiger partial charge >= 0.3 is 0 Å². The van der Waals surface area contributed by atoms with Crippen LogP contribution in [0.5, 0.6) is 0 Å². The van der Waals surface area contributed by atoms with E-state index in [2.05, 4.69) is 30.3 Å². The SMILES string of the molecule is CNC(=O)c1cnn2c([C@@H]3CCCN(c4ccncn4)C3)ccnc12. The van der Waals surface area contributed by atoms with Gasteiger partial charge in [-0.3, -0.25) is 4.79 Å². The maximum absolute atomic E-state index is 12.0. The van der Waals surface area contributed by atoms with Crippen molar-refractivity contribution in [2.45, 2.75) is 18.8 Å². The third-order valence-corrected chi connectivity index (χ3v) is 4.63. The van der Waals surface area contributed by atoms with Gasteiger partial charge in [-0.15, -0.1) is 0 Å². The quantitative estimate of drug-likeness (QED) is 0.774. The lowest BCUT2D eigenvalue weighted by atomic mass is 9.94. The smallest absolute Gasteiger partial charge is 0.256 e. The number of nitrogens with one attached hydrogen (secondary N) is 1. The highest BCUT2D eigenvalue weighted by Gasteiger charge is 2.25. The first-order chi connectivity index (χ1) is 12.3. The lowest BCUT2D eigenvalue weighted by molar-refractivity contribution is 0.0964. The Balaban J connectivity index is 1.67. The van der Waals surface area contributed by atoms with E-state index in [0.717, 1.165) is 37.4 Å². The largest absolute Gasteiger partial charge is 0.356 e. The predicted molar refractivity (Wildman–Crippen MR) is 92.6 cm³/mol. The zero-order valence-electron chi connectivity index (χ0n) is 14.0. The molecule has 3 aromatic heterocycles. The summed E-state index contributed by atoms with van der Waals surface area (Å²) in [5.41, 5.74) is 2.16. The summed E-state index contributed by atoms with van der Waals surface area (Å²) in [5, 5.41) is 7.04. The molecule has 0 unspecified atom stereocenters. The van der Waals surface area contributed by atoms with Crippen LogP contribution in [0.1, 0.15) is 34.8 Å². The first-order valence-electron chi connectivity index (χ1n) is 8.33. The fraction of sp³-hybridized carbons (Fsp3) is 0.353. The average molecular weight is 337 g/mol. The van der Waals surface area contributed by atoms with Crippen LogP contribution in [0.3, 0.4) is 0 Å². The van der Waals surface area contributed by atoms with E-state index in [-0.39, 0.29) is 5.91 Å². The van der Waals surface area contributed by atoms with Gasteiger partial charge in [0.1, 0.15) is 17.7 Å². The molecule has 1 atom stereocenters. The highest BCUT2D eigenvalue weighted by atomic mass is 16.1. The molecule has 3 aromatic rings. The lowest BCUT2D eigenvalue weighted by Gasteiger charge is -2.33. The monoisotopic (exact) mass is 337 g/mol. The van der Waals surface area contributed by atoms with E-state index in [1.54, 1.807) is 36.5 Å². The second kappa shape index (κ2) is 6.46. The molecule has 8 nitrogen and oxygen atoms in total. The first-order valence-corrected chi connectivity index (χ1v) is 8.33. The maximum atomic E-state index is 12.0. The Labute approximate surface area is 144 Å². The molecule has 0 aromatic carbocycles. The molecule has 1 N–H and O–H groups in total. The van der Waals surface area contributed by atoms with Gasteiger partial charge in [0, 0.05) is 38.4 Å². The molecule has 128 valence electrons. The summed E-state index contributed by atoms with van der Waals surface area (Å²) in [5.74, 6) is 1.06. The minimum atomic E-state index is -0.175. The Morgan fingerprint density at radius 2 is 2.20 bits per heavy atom. The van der Waals surface area contributed by atoms with Gasteiger partial charge in [0.25, 0.3) is 5.91 Å². The van der Waals surface area contributed by atoms with E-state index in [0.29, 0.717) is 17.1 Å². The van der Waals surface area contributed by atoms with Crippen LogP contribution < -0.4 is 10.2 Å². The van der Waals surface area contributed by atoms with Gasteiger partial charge in [-0.05, 0) is 25.0 Å². The van der Waals surface area contributed by atoms with E-state index in [1.165, 1.54) is 0 Å². The molecule has 0 saturated carbocycles. The first kappa shape index (κ1) is 15.5. The van der Waals surface area contributed by atoms with Gasteiger partial charge in [0.05, 0.1) is 11.9 Å². The molecular formula is C17H19N7O. The van der Waals surface area contributed by atoms with Crippen LogP contribution in [0, 0.1) is 0 Å². The van der Waals surface area contributed by atoms with E-state index in [4.69, 9.17) is 0 Å². The van der Waals surface area contributed by atoms with Crippen molar-refractivity contribution in [3.63, 3.8) is 0 Å². The second-order valence-electron chi connectivity index (χ2n) is 6.10. The van der Waals surface area contributed by atoms with Crippen LogP contribution in [0.15, 0.2) is 37.1 Å². The molecule has 8 heteroatoms. The van der Waals surface area contributed by atoms with Gasteiger partial charge in [0.15, 0.2) is 5.65 Å². The number of fused-ring (bicyclic) bond motifs is 1. The Morgan fingerprint density at radius 1 is 1.28 bits per heavy atom. The Kier molecular flexibility index (Phi) is 4.01. The third kappa shape index (κ3) is 2.79. The summed E-state index contributed by atoms with van der Waals surface area (Å²) in [6.07, 6.45) is 8.81. The normalized spacial score (nSPS) is 17.6. The molecule has 1 aliphatic rings. The number of amides is 1. The molecule has 25 heavy (non-hydrogen) atoms. The fourth-order valence-electron chi connectivity index (χ4n) is 3.41. The number of rotatable bonds is 3. The number of nitrogens with zero attached hydrogens (tertiary/aromatic N) is 6. The van der Waals surface area contributed by atoms with Crippen LogP contribution >= 0.6 is 0 Å². The number of carbonyl (C=O) groups excluding carboxylic acids is 1. The number of aromatic nitrogens is 5. The molecule has 4 heterocycles. The standard InChI is InChI=1S/C17H19N7O/c1-18-17(25)13-9-22-24-14(4-7-20-16(13)24)12-3-2-8-23(10-12)15-5-6-19-11-21-15/h4-7,9,11-12H,2-3,8,10H2,1H3,(H,18,25)/t12-/m1/s1. The van der Waals surface area contributed by atoms with Crippen LogP contribution in [0.4, 0.5) is 5.82 Å². The molecule has 1 aliphatic heterocycles. The minimum Gasteiger partial charge on any atom is -0.356 e. The summed E-state index contributed by atoms with van der Waals surface area (Å²) in [6.45, 7) is 1.83. The van der Waals surface area contributed by atoms with Crippen molar-refractivity contribution in [2.24, 2.45) is 0 Å². The van der Waals surface area contributed by atoms with Crippen LogP contribution in [0.2, 0.25) is 0 Å². The van der Waals surface area contributed by atoms with E-state index < -0.39 is 0 Å². The van der Waals surface area contributed by atoms with Crippen molar-refractivity contribution < 1.29 is 4.79 Å². The molecule has 0 radical (unpaired) electrons. The van der Waals surface area contributed by atoms with E-state index in [9.17, 15) is 4.79 Å². The average Bonchev–Trinajstić information content (AvgIpc) is 3.12. The van der Waals surface area contributed by atoms with Crippen molar-refractivity contribution in [2.75, 3.05) is 25.0 Å². The van der Waals surface area contributed by atoms with Gasteiger partial charge in [-0.25, -0.2) is 19.5 Å². The molecule has 0 bridgehead atoms. The van der Waals surface area contributed by atoms with Crippen LogP contribution in [-0.2, 0) is 0 Å². The highest BCUT2D eigenvalue weighted by molar-refractivity contribution is 5.99. The Hall–Kier alpha value is -3.03. The van der Waals surface area contributed by atoms with Gasteiger partial charge in [-0.2, -0.15) is 5.10 Å². The molecule has 0 aliphatic carbocycles. The number of hydrogen-bond donors (Lipinski definition) is 1. The minimum absolute atomic E-state index is 0.175. The van der Waals surface area contributed by atoms with E-state index >= 15 is 0 Å². The van der Waals surface area contributed by atoms with E-state index in [1.807, 2.05) is 12.1 Å². The number of hydrogen-bond acceptors (Lipinski definition) is 6. The number of carbonyl (C=O) groups is 1. The van der Waals surface area contributed by atoms with Gasteiger partial charge < -0.3 is 10.2 Å². The summed E-state index contributed by atoms with van der Waals surface area (Å²) in [7, 11) is 1.61. The Morgan fingerprint density at radius 3 is 3.00 bits per heavy atom. The topological polar surface area (TPSA) is 88.3 Å². The summed E-state index contributed by atoms with van der Waals surface area (Å²) in [4.78, 5) is 26.9. The molecule has 1 amide bonds. The lowest BCUT2D eigenvalue weighted by Crippen LogP contribution is -2.35. The molecule has 1 fully saturated rings. The molecular weight excluding hydrogens is 318 g/mol. The highest BCUT2D eigenvalue weighted by Crippen LogP contribution is 2.29.